The summed E-state index contributed by atoms with van der Waals surface area (Å²) in [5.74, 6) is 0.760. The van der Waals surface area contributed by atoms with Crippen LogP contribution < -0.4 is 15.8 Å². The number of fused-ring (bicyclic) bond motifs is 2. The van der Waals surface area contributed by atoms with Gasteiger partial charge in [-0.2, -0.15) is 0 Å². The number of aryl methyl sites for hydroxylation is 2. The number of ether oxygens (including phenoxy) is 1. The van der Waals surface area contributed by atoms with Gasteiger partial charge in [-0.1, -0.05) is 6.07 Å². The quantitative estimate of drug-likeness (QED) is 0.776. The first-order chi connectivity index (χ1) is 11.9. The molecule has 5 heteroatoms. The number of nitrogens with two attached hydrogens (primary N) is 1. The van der Waals surface area contributed by atoms with Crippen LogP contribution in [0.1, 0.15) is 59.8 Å². The largest absolute Gasteiger partial charge is 0.487 e. The summed E-state index contributed by atoms with van der Waals surface area (Å²) in [5, 5.41) is 3.19. The van der Waals surface area contributed by atoms with E-state index in [-0.39, 0.29) is 30.0 Å². The standard InChI is InChI=1S/C21H24N2O2.ClH/c1-21(2)12-18(17-11-16(22)8-9-19(17)25-21)23-20(24)15-7-6-13-4-3-5-14(13)10-15;/h6-11,18H,3-5,12,22H2,1-2H3,(H,23,24);1H. The van der Waals surface area contributed by atoms with Gasteiger partial charge in [0.1, 0.15) is 11.4 Å². The molecule has 1 aliphatic heterocycles. The monoisotopic (exact) mass is 372 g/mol. The molecule has 2 aromatic rings. The number of anilines is 1. The zero-order valence-corrected chi connectivity index (χ0v) is 16.0. The first-order valence-corrected chi connectivity index (χ1v) is 8.92. The van der Waals surface area contributed by atoms with E-state index >= 15 is 0 Å². The molecular formula is C21H25ClN2O2. The molecule has 0 spiro atoms. The molecule has 4 rings (SSSR count). The molecule has 3 N–H and O–H groups in total. The number of nitrogen functional groups attached to an aromatic ring is 1. The molecule has 26 heavy (non-hydrogen) atoms. The van der Waals surface area contributed by atoms with E-state index in [1.807, 2.05) is 44.2 Å². The van der Waals surface area contributed by atoms with Gasteiger partial charge in [-0.05, 0) is 74.6 Å². The van der Waals surface area contributed by atoms with Crippen LogP contribution in [0, 0.1) is 0 Å². The lowest BCUT2D eigenvalue weighted by Crippen LogP contribution is -2.41. The lowest BCUT2D eigenvalue weighted by Gasteiger charge is -2.38. The van der Waals surface area contributed by atoms with E-state index < -0.39 is 0 Å². The molecule has 138 valence electrons. The number of rotatable bonds is 2. The van der Waals surface area contributed by atoms with Crippen LogP contribution in [0.3, 0.4) is 0 Å². The molecule has 0 fully saturated rings. The van der Waals surface area contributed by atoms with Gasteiger partial charge in [0.2, 0.25) is 0 Å². The van der Waals surface area contributed by atoms with E-state index in [9.17, 15) is 4.79 Å². The summed E-state index contributed by atoms with van der Waals surface area (Å²) in [6, 6.07) is 11.6. The number of hydrogen-bond acceptors (Lipinski definition) is 3. The van der Waals surface area contributed by atoms with E-state index in [1.54, 1.807) is 0 Å². The fraction of sp³-hybridized carbons (Fsp3) is 0.381. The third-order valence-electron chi connectivity index (χ3n) is 5.16. The van der Waals surface area contributed by atoms with Crippen LogP contribution in [0.5, 0.6) is 5.75 Å². The van der Waals surface area contributed by atoms with E-state index in [1.165, 1.54) is 17.5 Å². The van der Waals surface area contributed by atoms with Crippen LogP contribution in [0.2, 0.25) is 0 Å². The minimum atomic E-state index is -0.334. The maximum absolute atomic E-state index is 12.8. The zero-order chi connectivity index (χ0) is 17.6. The van der Waals surface area contributed by atoms with E-state index in [2.05, 4.69) is 11.4 Å². The Morgan fingerprint density at radius 3 is 2.73 bits per heavy atom. The fourth-order valence-corrected chi connectivity index (χ4v) is 3.96. The summed E-state index contributed by atoms with van der Waals surface area (Å²) in [7, 11) is 0. The molecule has 0 saturated carbocycles. The maximum atomic E-state index is 12.8. The van der Waals surface area contributed by atoms with Gasteiger partial charge in [-0.25, -0.2) is 0 Å². The number of amides is 1. The summed E-state index contributed by atoms with van der Waals surface area (Å²) in [5.41, 5.74) is 10.7. The van der Waals surface area contributed by atoms with Crippen molar-refractivity contribution in [2.75, 3.05) is 5.73 Å². The third-order valence-corrected chi connectivity index (χ3v) is 5.16. The Morgan fingerprint density at radius 1 is 1.15 bits per heavy atom. The van der Waals surface area contributed by atoms with Crippen molar-refractivity contribution in [2.45, 2.75) is 51.2 Å². The minimum Gasteiger partial charge on any atom is -0.487 e. The molecular weight excluding hydrogens is 348 g/mol. The molecule has 0 saturated heterocycles. The predicted octanol–water partition coefficient (Wildman–Crippen LogP) is 4.21. The second-order valence-corrected chi connectivity index (χ2v) is 7.73. The average Bonchev–Trinajstić information content (AvgIpc) is 3.02. The van der Waals surface area contributed by atoms with Gasteiger partial charge in [-0.3, -0.25) is 4.79 Å². The molecule has 0 aromatic heterocycles. The highest BCUT2D eigenvalue weighted by Crippen LogP contribution is 2.40. The van der Waals surface area contributed by atoms with Crippen molar-refractivity contribution < 1.29 is 9.53 Å². The van der Waals surface area contributed by atoms with Gasteiger partial charge in [0.25, 0.3) is 5.91 Å². The molecule has 2 aliphatic rings. The number of carbonyl (C=O) groups excluding carboxylic acids is 1. The highest BCUT2D eigenvalue weighted by molar-refractivity contribution is 5.95. The predicted molar refractivity (Wildman–Crippen MR) is 106 cm³/mol. The lowest BCUT2D eigenvalue weighted by atomic mass is 9.89. The van der Waals surface area contributed by atoms with Gasteiger partial charge in [0.15, 0.2) is 0 Å². The second-order valence-electron chi connectivity index (χ2n) is 7.73. The highest BCUT2D eigenvalue weighted by atomic mass is 35.5. The van der Waals surface area contributed by atoms with Crippen molar-refractivity contribution >= 4 is 24.0 Å². The number of carbonyl (C=O) groups is 1. The highest BCUT2D eigenvalue weighted by Gasteiger charge is 2.34. The molecule has 1 heterocycles. The summed E-state index contributed by atoms with van der Waals surface area (Å²) in [6.07, 6.45) is 4.08. The SMILES string of the molecule is CC1(C)CC(NC(=O)c2ccc3c(c2)CCC3)c2cc(N)ccc2O1.Cl. The van der Waals surface area contributed by atoms with E-state index in [4.69, 9.17) is 10.5 Å². The number of hydrogen-bond donors (Lipinski definition) is 2. The van der Waals surface area contributed by atoms with Gasteiger partial charge < -0.3 is 15.8 Å². The summed E-state index contributed by atoms with van der Waals surface area (Å²) >= 11 is 0. The van der Waals surface area contributed by atoms with Crippen LogP contribution >= 0.6 is 12.4 Å². The van der Waals surface area contributed by atoms with Crippen LogP contribution in [0.25, 0.3) is 0 Å². The first kappa shape index (κ1) is 18.6. The first-order valence-electron chi connectivity index (χ1n) is 8.92. The van der Waals surface area contributed by atoms with E-state index in [0.29, 0.717) is 12.1 Å². The minimum absolute atomic E-state index is 0. The number of benzene rings is 2. The van der Waals surface area contributed by atoms with Crippen molar-refractivity contribution in [2.24, 2.45) is 0 Å². The van der Waals surface area contributed by atoms with Gasteiger partial charge >= 0.3 is 0 Å². The number of nitrogens with one attached hydrogen (secondary N) is 1. The molecule has 1 amide bonds. The molecule has 1 aliphatic carbocycles. The molecule has 0 bridgehead atoms. The molecule has 1 atom stereocenters. The fourth-order valence-electron chi connectivity index (χ4n) is 3.96. The average molecular weight is 373 g/mol. The van der Waals surface area contributed by atoms with Gasteiger partial charge in [0.05, 0.1) is 6.04 Å². The van der Waals surface area contributed by atoms with Crippen LogP contribution in [-0.4, -0.2) is 11.5 Å². The van der Waals surface area contributed by atoms with Crippen LogP contribution in [0.15, 0.2) is 36.4 Å². The molecule has 2 aromatic carbocycles. The molecule has 4 nitrogen and oxygen atoms in total. The van der Waals surface area contributed by atoms with Gasteiger partial charge in [-0.15, -0.1) is 12.4 Å². The Balaban J connectivity index is 0.00000196. The van der Waals surface area contributed by atoms with Crippen molar-refractivity contribution in [3.05, 3.63) is 58.7 Å². The Kier molecular flexibility index (Phi) is 4.89. The van der Waals surface area contributed by atoms with Crippen LogP contribution in [0.4, 0.5) is 5.69 Å². The Labute approximate surface area is 160 Å². The van der Waals surface area contributed by atoms with Crippen molar-refractivity contribution in [1.82, 2.24) is 5.32 Å². The van der Waals surface area contributed by atoms with Crippen molar-refractivity contribution in [1.29, 1.82) is 0 Å². The maximum Gasteiger partial charge on any atom is 0.251 e. The topological polar surface area (TPSA) is 64.4 Å². The zero-order valence-electron chi connectivity index (χ0n) is 15.2. The number of halogens is 1. The Hall–Kier alpha value is -2.20. The smallest absolute Gasteiger partial charge is 0.251 e. The van der Waals surface area contributed by atoms with E-state index in [0.717, 1.165) is 29.7 Å². The summed E-state index contributed by atoms with van der Waals surface area (Å²) in [4.78, 5) is 12.8. The van der Waals surface area contributed by atoms with Gasteiger partial charge in [0, 0.05) is 23.2 Å². The summed E-state index contributed by atoms with van der Waals surface area (Å²) in [6.45, 7) is 4.09. The Bertz CT molecular complexity index is 848. The Morgan fingerprint density at radius 2 is 1.92 bits per heavy atom. The normalized spacial score (nSPS) is 19.5. The molecule has 1 unspecified atom stereocenters. The molecule has 0 radical (unpaired) electrons. The third kappa shape index (κ3) is 3.51. The van der Waals surface area contributed by atoms with Crippen molar-refractivity contribution in [3.8, 4) is 5.75 Å². The van der Waals surface area contributed by atoms with Crippen molar-refractivity contribution in [3.63, 3.8) is 0 Å². The second kappa shape index (κ2) is 6.84. The van der Waals surface area contributed by atoms with Crippen LogP contribution in [-0.2, 0) is 12.8 Å². The summed E-state index contributed by atoms with van der Waals surface area (Å²) < 4.78 is 6.05. The lowest BCUT2D eigenvalue weighted by molar-refractivity contribution is 0.0620.